The van der Waals surface area contributed by atoms with Crippen molar-refractivity contribution in [2.45, 2.75) is 6.18 Å². The predicted octanol–water partition coefficient (Wildman–Crippen LogP) is 4.36. The van der Waals surface area contributed by atoms with E-state index in [-0.39, 0.29) is 0 Å². The van der Waals surface area contributed by atoms with Crippen LogP contribution in [0.1, 0.15) is 0 Å². The van der Waals surface area contributed by atoms with E-state index in [9.17, 15) is 13.2 Å². The van der Waals surface area contributed by atoms with Gasteiger partial charge in [0.15, 0.2) is 5.69 Å². The summed E-state index contributed by atoms with van der Waals surface area (Å²) in [4.78, 5) is 3.35. The van der Waals surface area contributed by atoms with E-state index in [1.807, 2.05) is 0 Å². The van der Waals surface area contributed by atoms with Gasteiger partial charge in [0, 0.05) is 5.69 Å². The maximum absolute atomic E-state index is 12.2. The number of alkyl halides is 3. The summed E-state index contributed by atoms with van der Waals surface area (Å²) in [5, 5.41) is 3.62. The summed E-state index contributed by atoms with van der Waals surface area (Å²) in [5.74, 6) is 0. The fourth-order valence-corrected chi connectivity index (χ4v) is 1.73. The first-order valence-electron chi connectivity index (χ1n) is 5.21. The Bertz CT molecular complexity index is 612. The van der Waals surface area contributed by atoms with Gasteiger partial charge in [-0.3, -0.25) is 0 Å². The van der Waals surface area contributed by atoms with Gasteiger partial charge in [0.25, 0.3) is 0 Å². The van der Waals surface area contributed by atoms with Gasteiger partial charge in [-0.15, -0.1) is 0 Å². The van der Waals surface area contributed by atoms with Crippen molar-refractivity contribution >= 4 is 22.1 Å². The smallest absolute Gasteiger partial charge is 0.376 e. The lowest BCUT2D eigenvalue weighted by Gasteiger charge is -2.12. The normalized spacial score (nSPS) is 11.2. The molecule has 2 nitrogen and oxygen atoms in total. The Morgan fingerprint density at radius 2 is 1.72 bits per heavy atom. The largest absolute Gasteiger partial charge is 0.405 e. The molecule has 1 N–H and O–H groups in total. The van der Waals surface area contributed by atoms with Crippen LogP contribution in [0.5, 0.6) is 0 Å². The summed E-state index contributed by atoms with van der Waals surface area (Å²) < 4.78 is 36.5. The number of halogens is 3. The highest BCUT2D eigenvalue weighted by Crippen LogP contribution is 2.32. The standard InChI is InChI=1S/C13H9F3N2/c1-17-11-6-7-12(18-8-13(14,15)16)10-5-3-2-4-9(10)11/h2-7,18H,8H2. The minimum atomic E-state index is -4.26. The van der Waals surface area contributed by atoms with Gasteiger partial charge in [-0.1, -0.05) is 30.3 Å². The molecule has 2 rings (SSSR count). The zero-order valence-electron chi connectivity index (χ0n) is 9.25. The zero-order valence-corrected chi connectivity index (χ0v) is 9.25. The van der Waals surface area contributed by atoms with Crippen LogP contribution in [0.15, 0.2) is 36.4 Å². The molecule has 0 amide bonds. The minimum Gasteiger partial charge on any atom is -0.376 e. The molecule has 5 heteroatoms. The van der Waals surface area contributed by atoms with Gasteiger partial charge in [0.2, 0.25) is 0 Å². The van der Waals surface area contributed by atoms with Gasteiger partial charge < -0.3 is 5.32 Å². The van der Waals surface area contributed by atoms with Crippen molar-refractivity contribution in [2.75, 3.05) is 11.9 Å². The second kappa shape index (κ2) is 4.57. The third-order valence-electron chi connectivity index (χ3n) is 2.50. The van der Waals surface area contributed by atoms with E-state index < -0.39 is 12.7 Å². The molecule has 0 radical (unpaired) electrons. The molecule has 0 unspecified atom stereocenters. The van der Waals surface area contributed by atoms with E-state index in [4.69, 9.17) is 6.57 Å². The number of nitrogens with zero attached hydrogens (tertiary/aromatic N) is 1. The first kappa shape index (κ1) is 12.2. The van der Waals surface area contributed by atoms with Crippen LogP contribution in [0.4, 0.5) is 24.5 Å². The second-order valence-electron chi connectivity index (χ2n) is 3.76. The first-order chi connectivity index (χ1) is 8.51. The summed E-state index contributed by atoms with van der Waals surface area (Å²) in [5.41, 5.74) is 0.818. The lowest BCUT2D eigenvalue weighted by atomic mass is 10.1. The highest BCUT2D eigenvalue weighted by atomic mass is 19.4. The molecule has 18 heavy (non-hydrogen) atoms. The van der Waals surface area contributed by atoms with Crippen molar-refractivity contribution in [3.8, 4) is 0 Å². The van der Waals surface area contributed by atoms with Crippen LogP contribution in [0, 0.1) is 6.57 Å². The quantitative estimate of drug-likeness (QED) is 0.783. The van der Waals surface area contributed by atoms with Gasteiger partial charge in [0.05, 0.1) is 6.57 Å². The molecule has 0 saturated carbocycles. The van der Waals surface area contributed by atoms with Crippen LogP contribution < -0.4 is 5.32 Å². The lowest BCUT2D eigenvalue weighted by molar-refractivity contribution is -0.115. The lowest BCUT2D eigenvalue weighted by Crippen LogP contribution is -2.21. The number of nitrogens with one attached hydrogen (secondary N) is 1. The van der Waals surface area contributed by atoms with Crippen molar-refractivity contribution in [1.82, 2.24) is 0 Å². The molecule has 0 aromatic heterocycles. The molecule has 0 fully saturated rings. The first-order valence-corrected chi connectivity index (χ1v) is 5.21. The zero-order chi connectivity index (χ0) is 13.2. The molecule has 0 atom stereocenters. The third-order valence-corrected chi connectivity index (χ3v) is 2.50. The van der Waals surface area contributed by atoms with E-state index >= 15 is 0 Å². The molecule has 2 aromatic rings. The molecular weight excluding hydrogens is 241 g/mol. The monoisotopic (exact) mass is 250 g/mol. The molecule has 0 aliphatic carbocycles. The van der Waals surface area contributed by atoms with Crippen LogP contribution in [0.25, 0.3) is 15.6 Å². The van der Waals surface area contributed by atoms with E-state index in [1.165, 1.54) is 12.1 Å². The predicted molar refractivity (Wildman–Crippen MR) is 64.8 cm³/mol. The van der Waals surface area contributed by atoms with E-state index in [2.05, 4.69) is 10.2 Å². The molecule has 0 aliphatic heterocycles. The Morgan fingerprint density at radius 3 is 2.33 bits per heavy atom. The van der Waals surface area contributed by atoms with Crippen LogP contribution >= 0.6 is 0 Å². The Morgan fingerprint density at radius 1 is 1.06 bits per heavy atom. The highest BCUT2D eigenvalue weighted by molar-refractivity contribution is 6.02. The van der Waals surface area contributed by atoms with Crippen molar-refractivity contribution in [3.63, 3.8) is 0 Å². The van der Waals surface area contributed by atoms with Crippen molar-refractivity contribution in [1.29, 1.82) is 0 Å². The molecular formula is C13H9F3N2. The topological polar surface area (TPSA) is 16.4 Å². The molecule has 0 saturated heterocycles. The second-order valence-corrected chi connectivity index (χ2v) is 3.76. The summed E-state index contributed by atoms with van der Waals surface area (Å²) in [6.45, 7) is 5.93. The minimum absolute atomic E-state index is 0.385. The molecule has 0 aliphatic rings. The van der Waals surface area contributed by atoms with E-state index in [1.54, 1.807) is 24.3 Å². The van der Waals surface area contributed by atoms with Gasteiger partial charge in [-0.05, 0) is 16.8 Å². The maximum Gasteiger partial charge on any atom is 0.405 e. The number of hydrogen-bond acceptors (Lipinski definition) is 1. The maximum atomic E-state index is 12.2. The molecule has 92 valence electrons. The van der Waals surface area contributed by atoms with Crippen molar-refractivity contribution in [3.05, 3.63) is 47.8 Å². The van der Waals surface area contributed by atoms with E-state index in [0.717, 1.165) is 0 Å². The molecule has 0 heterocycles. The average Bonchev–Trinajstić information content (AvgIpc) is 2.35. The van der Waals surface area contributed by atoms with Crippen molar-refractivity contribution < 1.29 is 13.2 Å². The summed E-state index contributed by atoms with van der Waals surface area (Å²) in [6.07, 6.45) is -4.26. The summed E-state index contributed by atoms with van der Waals surface area (Å²) in [7, 11) is 0. The van der Waals surface area contributed by atoms with Gasteiger partial charge in [-0.25, -0.2) is 4.85 Å². The van der Waals surface area contributed by atoms with Crippen LogP contribution in [-0.2, 0) is 0 Å². The Kier molecular flexibility index (Phi) is 3.11. The number of rotatable bonds is 2. The molecule has 2 aromatic carbocycles. The van der Waals surface area contributed by atoms with E-state index in [0.29, 0.717) is 22.1 Å². The van der Waals surface area contributed by atoms with Crippen LogP contribution in [0.3, 0.4) is 0 Å². The third kappa shape index (κ3) is 2.54. The highest BCUT2D eigenvalue weighted by Gasteiger charge is 2.26. The Hall–Kier alpha value is -2.22. The van der Waals surface area contributed by atoms with Crippen molar-refractivity contribution in [2.24, 2.45) is 0 Å². The van der Waals surface area contributed by atoms with Gasteiger partial charge in [0.1, 0.15) is 6.54 Å². The number of anilines is 1. The fraction of sp³-hybridized carbons (Fsp3) is 0.154. The van der Waals surface area contributed by atoms with Gasteiger partial charge >= 0.3 is 6.18 Å². The summed E-state index contributed by atoms with van der Waals surface area (Å²) >= 11 is 0. The Labute approximate surface area is 102 Å². The Balaban J connectivity index is 2.44. The van der Waals surface area contributed by atoms with Crippen LogP contribution in [-0.4, -0.2) is 12.7 Å². The number of fused-ring (bicyclic) bond motifs is 1. The fourth-order valence-electron chi connectivity index (χ4n) is 1.73. The summed E-state index contributed by atoms with van der Waals surface area (Å²) in [6, 6.07) is 9.93. The molecule has 0 spiro atoms. The number of benzene rings is 2. The average molecular weight is 250 g/mol. The molecule has 0 bridgehead atoms. The van der Waals surface area contributed by atoms with Crippen LogP contribution in [0.2, 0.25) is 0 Å². The van der Waals surface area contributed by atoms with Gasteiger partial charge in [-0.2, -0.15) is 13.2 Å². The number of hydrogen-bond donors (Lipinski definition) is 1. The SMILES string of the molecule is [C-]#[N+]c1ccc(NCC(F)(F)F)c2ccccc12.